The Bertz CT molecular complexity index is 2160. The molecule has 4 atom stereocenters. The number of alkyl halides is 1. The number of anilines is 1. The van der Waals surface area contributed by atoms with Gasteiger partial charge in [0, 0.05) is 6.20 Å². The predicted octanol–water partition coefficient (Wildman–Crippen LogP) is 8.45. The third kappa shape index (κ3) is 6.76. The van der Waals surface area contributed by atoms with Crippen molar-refractivity contribution in [3.05, 3.63) is 238 Å². The molecule has 2 heterocycles. The van der Waals surface area contributed by atoms with Gasteiger partial charge in [0.05, 0.1) is 6.61 Å². The van der Waals surface area contributed by atoms with Crippen LogP contribution in [0.2, 0.25) is 0 Å². The summed E-state index contributed by atoms with van der Waals surface area (Å²) >= 11 is 0. The summed E-state index contributed by atoms with van der Waals surface area (Å²) < 4.78 is 40.0. The summed E-state index contributed by atoms with van der Waals surface area (Å²) in [6.45, 7) is -0.192. The molecule has 1 aliphatic heterocycles. The maximum atomic E-state index is 17.8. The Hall–Kier alpha value is -6.19. The molecule has 1 aliphatic rings. The topological polar surface area (TPSA) is 88.6 Å². The maximum absolute atomic E-state index is 17.8. The minimum atomic E-state index is -1.77. The Morgan fingerprint density at radius 1 is 0.582 bits per heavy atom. The van der Waals surface area contributed by atoms with Gasteiger partial charge in [-0.2, -0.15) is 4.98 Å². The fraction of sp³-hybridized carbons (Fsp3) is 0.149. The number of ether oxygens (including phenoxy) is 3. The molecule has 0 saturated carbocycles. The van der Waals surface area contributed by atoms with Crippen LogP contribution in [0.1, 0.15) is 39.6 Å². The number of rotatable bonds is 12. The molecule has 0 radical (unpaired) electrons. The molecule has 8 rings (SSSR count). The number of nitrogen functional groups attached to an aromatic ring is 1. The first-order valence-corrected chi connectivity index (χ1v) is 18.3. The van der Waals surface area contributed by atoms with Crippen LogP contribution < -0.4 is 11.4 Å². The first kappa shape index (κ1) is 35.8. The number of benzene rings is 6. The van der Waals surface area contributed by atoms with Crippen molar-refractivity contribution >= 4 is 5.82 Å². The average molecular weight is 730 g/mol. The molecule has 0 aliphatic carbocycles. The van der Waals surface area contributed by atoms with Crippen molar-refractivity contribution in [1.82, 2.24) is 9.55 Å². The van der Waals surface area contributed by atoms with E-state index >= 15 is 4.39 Å². The van der Waals surface area contributed by atoms with Crippen molar-refractivity contribution in [3.63, 3.8) is 0 Å². The number of hydrogen-bond donors (Lipinski definition) is 1. The second kappa shape index (κ2) is 15.7. The minimum Gasteiger partial charge on any atom is -0.383 e. The van der Waals surface area contributed by atoms with Crippen LogP contribution in [0.4, 0.5) is 10.2 Å². The molecule has 0 spiro atoms. The molecule has 0 amide bonds. The van der Waals surface area contributed by atoms with Crippen LogP contribution in [0.15, 0.2) is 199 Å². The van der Waals surface area contributed by atoms with E-state index < -0.39 is 41.5 Å². The van der Waals surface area contributed by atoms with E-state index in [0.717, 1.165) is 33.4 Å². The molecule has 0 bridgehead atoms. The third-order valence-corrected chi connectivity index (χ3v) is 10.2. The Morgan fingerprint density at radius 2 is 0.945 bits per heavy atom. The zero-order chi connectivity index (χ0) is 37.7. The van der Waals surface area contributed by atoms with Gasteiger partial charge in [-0.15, -0.1) is 0 Å². The normalized spacial score (nSPS) is 18.6. The SMILES string of the molecule is Nc1ccn([C@@H]2O[C@H](COC(c3ccccc3)(c3ccccc3)c3ccccc3)[C@H](F)[C@H]2OC(c2ccccc2)(c2ccccc2)c2ccccc2)c(=O)n1. The summed E-state index contributed by atoms with van der Waals surface area (Å²) in [5, 5.41) is 0. The van der Waals surface area contributed by atoms with Crippen molar-refractivity contribution in [2.45, 2.75) is 35.8 Å². The Kier molecular flexibility index (Phi) is 10.2. The molecule has 0 unspecified atom stereocenters. The first-order chi connectivity index (χ1) is 27.0. The second-order valence-electron chi connectivity index (χ2n) is 13.5. The molecule has 1 saturated heterocycles. The quantitative estimate of drug-likeness (QED) is 0.127. The lowest BCUT2D eigenvalue weighted by Crippen LogP contribution is -2.44. The fourth-order valence-corrected chi connectivity index (χ4v) is 7.70. The number of nitrogens with zero attached hydrogens (tertiary/aromatic N) is 2. The van der Waals surface area contributed by atoms with Gasteiger partial charge >= 0.3 is 5.69 Å². The zero-order valence-corrected chi connectivity index (χ0v) is 30.0. The van der Waals surface area contributed by atoms with Crippen molar-refractivity contribution in [1.29, 1.82) is 0 Å². The molecule has 7 nitrogen and oxygen atoms in total. The molecule has 1 fully saturated rings. The molecular formula is C47H40FN3O4. The minimum absolute atomic E-state index is 0.0407. The third-order valence-electron chi connectivity index (χ3n) is 10.2. The van der Waals surface area contributed by atoms with E-state index in [9.17, 15) is 4.79 Å². The summed E-state index contributed by atoms with van der Waals surface area (Å²) in [7, 11) is 0. The second-order valence-corrected chi connectivity index (χ2v) is 13.5. The van der Waals surface area contributed by atoms with Crippen molar-refractivity contribution in [2.24, 2.45) is 0 Å². The standard InChI is InChI=1S/C47H40FN3O4/c48-42-40(33-53-46(34-19-7-1-8-20-34,35-21-9-2-10-22-35)36-23-11-3-12-24-36)54-44(51-32-31-41(49)50-45(51)52)43(42)55-47(37-25-13-4-14-26-37,38-27-15-5-16-28-38)39-29-17-6-18-30-39/h1-32,40,42-44H,33H2,(H2,49,50,52)/t40-,42+,43-,44-/m1/s1. The van der Waals surface area contributed by atoms with Gasteiger partial charge in [-0.05, 0) is 39.4 Å². The molecule has 8 heteroatoms. The summed E-state index contributed by atoms with van der Waals surface area (Å²) in [6, 6.07) is 60.2. The average Bonchev–Trinajstić information content (AvgIpc) is 3.55. The number of aromatic nitrogens is 2. The van der Waals surface area contributed by atoms with Crippen molar-refractivity contribution < 1.29 is 18.6 Å². The van der Waals surface area contributed by atoms with Crippen LogP contribution in [-0.4, -0.2) is 34.5 Å². The summed E-state index contributed by atoms with van der Waals surface area (Å²) in [4.78, 5) is 17.5. The monoisotopic (exact) mass is 729 g/mol. The molecule has 7 aromatic rings. The molecule has 274 valence electrons. The van der Waals surface area contributed by atoms with Crippen LogP contribution in [0.25, 0.3) is 0 Å². The highest BCUT2D eigenvalue weighted by Gasteiger charge is 2.53. The van der Waals surface area contributed by atoms with E-state index in [2.05, 4.69) is 4.98 Å². The van der Waals surface area contributed by atoms with E-state index in [-0.39, 0.29) is 12.4 Å². The Labute approximate surface area is 319 Å². The Morgan fingerprint density at radius 3 is 1.31 bits per heavy atom. The van der Waals surface area contributed by atoms with Gasteiger partial charge in [0.25, 0.3) is 0 Å². The van der Waals surface area contributed by atoms with E-state index in [1.54, 1.807) is 0 Å². The van der Waals surface area contributed by atoms with E-state index in [0.29, 0.717) is 0 Å². The Balaban J connectivity index is 1.26. The summed E-state index contributed by atoms with van der Waals surface area (Å²) in [5.41, 5.74) is 7.68. The van der Waals surface area contributed by atoms with Gasteiger partial charge in [0.15, 0.2) is 12.4 Å². The van der Waals surface area contributed by atoms with Gasteiger partial charge in [-0.25, -0.2) is 9.18 Å². The van der Waals surface area contributed by atoms with Crippen molar-refractivity contribution in [2.75, 3.05) is 12.3 Å². The molecular weight excluding hydrogens is 690 g/mol. The zero-order valence-electron chi connectivity index (χ0n) is 30.0. The van der Waals surface area contributed by atoms with Crippen LogP contribution in [0.3, 0.4) is 0 Å². The largest absolute Gasteiger partial charge is 0.383 e. The number of hydrogen-bond acceptors (Lipinski definition) is 6. The smallest absolute Gasteiger partial charge is 0.351 e. The van der Waals surface area contributed by atoms with Gasteiger partial charge in [-0.3, -0.25) is 4.57 Å². The lowest BCUT2D eigenvalue weighted by atomic mass is 9.79. The lowest BCUT2D eigenvalue weighted by Gasteiger charge is -2.39. The lowest BCUT2D eigenvalue weighted by molar-refractivity contribution is -0.121. The van der Waals surface area contributed by atoms with Crippen LogP contribution in [0.5, 0.6) is 0 Å². The number of halogens is 1. The highest BCUT2D eigenvalue weighted by molar-refractivity contribution is 5.49. The predicted molar refractivity (Wildman–Crippen MR) is 211 cm³/mol. The maximum Gasteiger partial charge on any atom is 0.351 e. The summed E-state index contributed by atoms with van der Waals surface area (Å²) in [5.74, 6) is 0.0407. The van der Waals surface area contributed by atoms with Crippen LogP contribution in [-0.2, 0) is 25.4 Å². The van der Waals surface area contributed by atoms with Crippen LogP contribution in [0, 0.1) is 0 Å². The molecule has 1 aromatic heterocycles. The first-order valence-electron chi connectivity index (χ1n) is 18.3. The van der Waals surface area contributed by atoms with E-state index in [4.69, 9.17) is 19.9 Å². The van der Waals surface area contributed by atoms with E-state index in [1.807, 2.05) is 182 Å². The fourth-order valence-electron chi connectivity index (χ4n) is 7.70. The van der Waals surface area contributed by atoms with Gasteiger partial charge in [0.2, 0.25) is 0 Å². The number of nitrogens with two attached hydrogens (primary N) is 1. The van der Waals surface area contributed by atoms with Crippen LogP contribution >= 0.6 is 0 Å². The van der Waals surface area contributed by atoms with Gasteiger partial charge < -0.3 is 19.9 Å². The molecule has 55 heavy (non-hydrogen) atoms. The van der Waals surface area contributed by atoms with Crippen molar-refractivity contribution in [3.8, 4) is 0 Å². The highest BCUT2D eigenvalue weighted by Crippen LogP contribution is 2.47. The molecule has 6 aromatic carbocycles. The summed E-state index contributed by atoms with van der Waals surface area (Å²) in [6.07, 6.45) is -4.03. The van der Waals surface area contributed by atoms with Gasteiger partial charge in [0.1, 0.15) is 29.2 Å². The molecule has 2 N–H and O–H groups in total. The van der Waals surface area contributed by atoms with E-state index in [1.165, 1.54) is 16.8 Å². The van der Waals surface area contributed by atoms with Gasteiger partial charge in [-0.1, -0.05) is 182 Å². The highest BCUT2D eigenvalue weighted by atomic mass is 19.1.